The van der Waals surface area contributed by atoms with Gasteiger partial charge in [-0.2, -0.15) is 0 Å². The van der Waals surface area contributed by atoms with Crippen LogP contribution in [0.25, 0.3) is 0 Å². The molecule has 0 atom stereocenters. The quantitative estimate of drug-likeness (QED) is 0.822. The van der Waals surface area contributed by atoms with E-state index in [4.69, 9.17) is 10.7 Å². The van der Waals surface area contributed by atoms with Crippen LogP contribution in [0.5, 0.6) is 0 Å². The highest BCUT2D eigenvalue weighted by Gasteiger charge is 2.24. The molecule has 1 aliphatic carbocycles. The van der Waals surface area contributed by atoms with E-state index in [1.807, 2.05) is 12.1 Å². The molecule has 0 heterocycles. The Hall–Kier alpha value is -1.13. The molecular formula is C13H19FN2O. The second kappa shape index (κ2) is 5.47. The number of nitrogens with zero attached hydrogens (tertiary/aromatic N) is 1. The van der Waals surface area contributed by atoms with Crippen LogP contribution >= 0.6 is 0 Å². The summed E-state index contributed by atoms with van der Waals surface area (Å²) in [6, 6.07) is 7.13. The van der Waals surface area contributed by atoms with Gasteiger partial charge in [-0.3, -0.25) is 0 Å². The minimum absolute atomic E-state index is 0.192. The van der Waals surface area contributed by atoms with Gasteiger partial charge in [0.15, 0.2) is 0 Å². The molecular weight excluding hydrogens is 219 g/mol. The molecule has 3 nitrogen and oxygen atoms in total. The molecule has 2 N–H and O–H groups in total. The monoisotopic (exact) mass is 238 g/mol. The molecule has 0 aromatic heterocycles. The van der Waals surface area contributed by atoms with E-state index in [1.54, 1.807) is 0 Å². The SMILES string of the molecule is CN(c1ccc(F)cc1)C1CCC(ON)CC1. The van der Waals surface area contributed by atoms with E-state index < -0.39 is 0 Å². The molecule has 0 amide bonds. The predicted octanol–water partition coefficient (Wildman–Crippen LogP) is 2.46. The van der Waals surface area contributed by atoms with Crippen LogP contribution < -0.4 is 10.8 Å². The zero-order chi connectivity index (χ0) is 12.3. The van der Waals surface area contributed by atoms with Crippen LogP contribution in [0.2, 0.25) is 0 Å². The molecule has 0 aliphatic heterocycles. The molecule has 2 rings (SSSR count). The first kappa shape index (κ1) is 12.3. The Kier molecular flexibility index (Phi) is 3.97. The molecule has 1 aliphatic rings. The lowest BCUT2D eigenvalue weighted by Gasteiger charge is -2.35. The number of anilines is 1. The van der Waals surface area contributed by atoms with Crippen LogP contribution in [0.4, 0.5) is 10.1 Å². The highest BCUT2D eigenvalue weighted by molar-refractivity contribution is 5.46. The summed E-state index contributed by atoms with van der Waals surface area (Å²) < 4.78 is 12.8. The largest absolute Gasteiger partial charge is 0.372 e. The van der Waals surface area contributed by atoms with Crippen molar-refractivity contribution in [3.63, 3.8) is 0 Å². The van der Waals surface area contributed by atoms with Gasteiger partial charge in [-0.05, 0) is 49.9 Å². The first-order valence-corrected chi connectivity index (χ1v) is 6.04. The first-order valence-electron chi connectivity index (χ1n) is 6.04. The van der Waals surface area contributed by atoms with Crippen molar-refractivity contribution in [3.8, 4) is 0 Å². The van der Waals surface area contributed by atoms with E-state index >= 15 is 0 Å². The molecule has 0 radical (unpaired) electrons. The summed E-state index contributed by atoms with van der Waals surface area (Å²) in [4.78, 5) is 7.09. The number of hydrogen-bond donors (Lipinski definition) is 1. The molecule has 0 unspecified atom stereocenters. The van der Waals surface area contributed by atoms with Crippen LogP contribution in [0.3, 0.4) is 0 Å². The van der Waals surface area contributed by atoms with E-state index in [2.05, 4.69) is 11.9 Å². The number of halogens is 1. The Bertz CT molecular complexity index is 347. The fourth-order valence-electron chi connectivity index (χ4n) is 2.46. The molecule has 1 fully saturated rings. The maximum absolute atomic E-state index is 12.8. The van der Waals surface area contributed by atoms with Crippen molar-refractivity contribution >= 4 is 5.69 Å². The average molecular weight is 238 g/mol. The van der Waals surface area contributed by atoms with Crippen LogP contribution in [0, 0.1) is 5.82 Å². The summed E-state index contributed by atoms with van der Waals surface area (Å²) in [5, 5.41) is 0. The summed E-state index contributed by atoms with van der Waals surface area (Å²) >= 11 is 0. The third-order valence-electron chi connectivity index (χ3n) is 3.62. The van der Waals surface area contributed by atoms with E-state index in [-0.39, 0.29) is 11.9 Å². The number of nitrogens with two attached hydrogens (primary N) is 1. The van der Waals surface area contributed by atoms with Gasteiger partial charge < -0.3 is 9.74 Å². The Morgan fingerprint density at radius 2 is 1.76 bits per heavy atom. The lowest BCUT2D eigenvalue weighted by molar-refractivity contribution is 0.0243. The maximum Gasteiger partial charge on any atom is 0.123 e. The van der Waals surface area contributed by atoms with E-state index in [0.29, 0.717) is 6.04 Å². The molecule has 1 aromatic rings. The highest BCUT2D eigenvalue weighted by Crippen LogP contribution is 2.27. The van der Waals surface area contributed by atoms with Crippen LogP contribution in [-0.4, -0.2) is 19.2 Å². The summed E-state index contributed by atoms with van der Waals surface area (Å²) in [6.45, 7) is 0. The second-order valence-corrected chi connectivity index (χ2v) is 4.65. The zero-order valence-electron chi connectivity index (χ0n) is 10.1. The molecule has 4 heteroatoms. The Labute approximate surface area is 101 Å². The van der Waals surface area contributed by atoms with Crippen molar-refractivity contribution in [2.24, 2.45) is 5.90 Å². The Balaban J connectivity index is 1.96. The van der Waals surface area contributed by atoms with E-state index in [9.17, 15) is 4.39 Å². The summed E-state index contributed by atoms with van der Waals surface area (Å²) in [7, 11) is 2.06. The van der Waals surface area contributed by atoms with Crippen LogP contribution in [-0.2, 0) is 4.84 Å². The van der Waals surface area contributed by atoms with Gasteiger partial charge in [0, 0.05) is 18.8 Å². The first-order chi connectivity index (χ1) is 8.20. The molecule has 0 spiro atoms. The molecule has 1 saturated carbocycles. The van der Waals surface area contributed by atoms with E-state index in [0.717, 1.165) is 31.4 Å². The molecule has 0 saturated heterocycles. The van der Waals surface area contributed by atoms with Gasteiger partial charge >= 0.3 is 0 Å². The lowest BCUT2D eigenvalue weighted by Crippen LogP contribution is -2.37. The van der Waals surface area contributed by atoms with Gasteiger partial charge in [-0.15, -0.1) is 0 Å². The van der Waals surface area contributed by atoms with Gasteiger partial charge in [0.25, 0.3) is 0 Å². The normalized spacial score (nSPS) is 24.6. The van der Waals surface area contributed by atoms with Crippen molar-refractivity contribution in [3.05, 3.63) is 30.1 Å². The third-order valence-corrected chi connectivity index (χ3v) is 3.62. The van der Waals surface area contributed by atoms with Gasteiger partial charge in [0.2, 0.25) is 0 Å². The predicted molar refractivity (Wildman–Crippen MR) is 66.1 cm³/mol. The molecule has 1 aromatic carbocycles. The summed E-state index contributed by atoms with van der Waals surface area (Å²) in [6.07, 6.45) is 4.32. The molecule has 0 bridgehead atoms. The van der Waals surface area contributed by atoms with Gasteiger partial charge in [-0.25, -0.2) is 10.3 Å². The smallest absolute Gasteiger partial charge is 0.123 e. The maximum atomic E-state index is 12.8. The van der Waals surface area contributed by atoms with Crippen molar-refractivity contribution in [2.45, 2.75) is 37.8 Å². The fourth-order valence-corrected chi connectivity index (χ4v) is 2.46. The molecule has 94 valence electrons. The van der Waals surface area contributed by atoms with E-state index in [1.165, 1.54) is 12.1 Å². The Morgan fingerprint density at radius 3 is 2.29 bits per heavy atom. The van der Waals surface area contributed by atoms with Crippen LogP contribution in [0.15, 0.2) is 24.3 Å². The standard InChI is InChI=1S/C13H19FN2O/c1-16(11-4-2-10(14)3-5-11)12-6-8-13(17-15)9-7-12/h2-5,12-13H,6-9,15H2,1H3. The third kappa shape index (κ3) is 2.96. The minimum atomic E-state index is -0.192. The average Bonchev–Trinajstić information content (AvgIpc) is 2.39. The van der Waals surface area contributed by atoms with Crippen molar-refractivity contribution < 1.29 is 9.23 Å². The Morgan fingerprint density at radius 1 is 1.18 bits per heavy atom. The zero-order valence-corrected chi connectivity index (χ0v) is 10.1. The minimum Gasteiger partial charge on any atom is -0.372 e. The van der Waals surface area contributed by atoms with Crippen molar-refractivity contribution in [1.82, 2.24) is 0 Å². The number of hydrogen-bond acceptors (Lipinski definition) is 3. The second-order valence-electron chi connectivity index (χ2n) is 4.65. The topological polar surface area (TPSA) is 38.5 Å². The highest BCUT2D eigenvalue weighted by atomic mass is 19.1. The number of rotatable bonds is 3. The summed E-state index contributed by atoms with van der Waals surface area (Å²) in [5.74, 6) is 5.01. The summed E-state index contributed by atoms with van der Waals surface area (Å²) in [5.41, 5.74) is 1.06. The fraction of sp³-hybridized carbons (Fsp3) is 0.538. The van der Waals surface area contributed by atoms with Crippen molar-refractivity contribution in [2.75, 3.05) is 11.9 Å². The van der Waals surface area contributed by atoms with Crippen LogP contribution in [0.1, 0.15) is 25.7 Å². The van der Waals surface area contributed by atoms with Gasteiger partial charge in [0.05, 0.1) is 6.10 Å². The lowest BCUT2D eigenvalue weighted by atomic mass is 9.92. The van der Waals surface area contributed by atoms with Gasteiger partial charge in [0.1, 0.15) is 5.82 Å². The molecule has 17 heavy (non-hydrogen) atoms. The number of benzene rings is 1. The van der Waals surface area contributed by atoms with Crippen molar-refractivity contribution in [1.29, 1.82) is 0 Å². The van der Waals surface area contributed by atoms with Gasteiger partial charge in [-0.1, -0.05) is 0 Å².